The van der Waals surface area contributed by atoms with Crippen LogP contribution in [0.15, 0.2) is 0 Å². The molecule has 0 aromatic carbocycles. The minimum absolute atomic E-state index is 0.295. The molecule has 1 nitrogen and oxygen atoms in total. The topological polar surface area (TPSA) is 26.0 Å². The largest absolute Gasteiger partial charge is 0.325 e. The first kappa shape index (κ1) is 14.8. The summed E-state index contributed by atoms with van der Waals surface area (Å²) < 4.78 is 25.2. The fourth-order valence-corrected chi connectivity index (χ4v) is 1.53. The summed E-state index contributed by atoms with van der Waals surface area (Å²) in [6, 6.07) is -0.335. The van der Waals surface area contributed by atoms with Crippen molar-refractivity contribution in [2.24, 2.45) is 11.7 Å². The Morgan fingerprint density at radius 3 is 2.20 bits per heavy atom. The van der Waals surface area contributed by atoms with Crippen LogP contribution in [-0.4, -0.2) is 18.9 Å². The van der Waals surface area contributed by atoms with E-state index in [0.717, 1.165) is 25.7 Å². The molecule has 0 radical (unpaired) electrons. The summed E-state index contributed by atoms with van der Waals surface area (Å²) in [7, 11) is 0. The Morgan fingerprint density at radius 2 is 1.67 bits per heavy atom. The average Bonchev–Trinajstić information content (AvgIpc) is 2.20. The van der Waals surface area contributed by atoms with Crippen LogP contribution in [-0.2, 0) is 0 Å². The molecule has 0 spiro atoms. The summed E-state index contributed by atoms with van der Waals surface area (Å²) in [5.74, 6) is 0.579. The highest BCUT2D eigenvalue weighted by Gasteiger charge is 2.16. The van der Waals surface area contributed by atoms with Crippen molar-refractivity contribution in [2.75, 3.05) is 6.67 Å². The molecule has 92 valence electrons. The normalized spacial score (nSPS) is 15.6. The Morgan fingerprint density at radius 1 is 1.00 bits per heavy atom. The third-order valence-corrected chi connectivity index (χ3v) is 2.66. The molecule has 2 unspecified atom stereocenters. The number of hydrogen-bond donors (Lipinski definition) is 1. The molecule has 0 saturated carbocycles. The van der Waals surface area contributed by atoms with Gasteiger partial charge >= 0.3 is 0 Å². The van der Waals surface area contributed by atoms with E-state index < -0.39 is 6.17 Å². The van der Waals surface area contributed by atoms with Crippen molar-refractivity contribution in [1.29, 1.82) is 0 Å². The van der Waals surface area contributed by atoms with E-state index in [1.54, 1.807) is 0 Å². The first-order chi connectivity index (χ1) is 7.07. The molecule has 0 fully saturated rings. The van der Waals surface area contributed by atoms with Gasteiger partial charge in [0, 0.05) is 6.04 Å². The number of unbranched alkanes of at least 4 members (excludes halogenated alkanes) is 2. The molecule has 0 bridgehead atoms. The van der Waals surface area contributed by atoms with Crippen molar-refractivity contribution < 1.29 is 8.78 Å². The highest BCUT2D eigenvalue weighted by molar-refractivity contribution is 4.72. The third-order valence-electron chi connectivity index (χ3n) is 2.66. The summed E-state index contributed by atoms with van der Waals surface area (Å²) in [5, 5.41) is 0. The highest BCUT2D eigenvalue weighted by Crippen LogP contribution is 2.15. The molecule has 2 N–H and O–H groups in total. The molecule has 0 aliphatic rings. The van der Waals surface area contributed by atoms with Crippen LogP contribution in [0.2, 0.25) is 0 Å². The van der Waals surface area contributed by atoms with Crippen LogP contribution < -0.4 is 5.73 Å². The van der Waals surface area contributed by atoms with Gasteiger partial charge in [-0.1, -0.05) is 26.7 Å². The van der Waals surface area contributed by atoms with E-state index in [-0.39, 0.29) is 12.7 Å². The van der Waals surface area contributed by atoms with Gasteiger partial charge in [-0.25, -0.2) is 4.39 Å². The molecule has 0 aromatic heterocycles. The van der Waals surface area contributed by atoms with E-state index in [0.29, 0.717) is 18.8 Å². The van der Waals surface area contributed by atoms with Crippen LogP contribution in [0.5, 0.6) is 0 Å². The van der Waals surface area contributed by atoms with Crippen LogP contribution in [0.25, 0.3) is 0 Å². The Kier molecular flexibility index (Phi) is 8.97. The molecule has 0 rings (SSSR count). The molecule has 0 aliphatic carbocycles. The number of hydrogen-bond acceptors (Lipinski definition) is 1. The van der Waals surface area contributed by atoms with Gasteiger partial charge in [0.15, 0.2) is 0 Å². The molecule has 0 heterocycles. The predicted molar refractivity (Wildman–Crippen MR) is 61.4 cm³/mol. The first-order valence-corrected chi connectivity index (χ1v) is 6.03. The van der Waals surface area contributed by atoms with Crippen molar-refractivity contribution in [2.45, 2.75) is 64.6 Å². The van der Waals surface area contributed by atoms with Gasteiger partial charge in [0.05, 0.1) is 6.67 Å². The number of rotatable bonds is 9. The van der Waals surface area contributed by atoms with E-state index in [9.17, 15) is 8.78 Å². The zero-order valence-corrected chi connectivity index (χ0v) is 10.0. The van der Waals surface area contributed by atoms with Crippen LogP contribution in [0, 0.1) is 5.92 Å². The molecular formula is C12H25F2N. The lowest BCUT2D eigenvalue weighted by molar-refractivity contribution is 0.242. The van der Waals surface area contributed by atoms with Crippen LogP contribution >= 0.6 is 0 Å². The lowest BCUT2D eigenvalue weighted by Gasteiger charge is -2.17. The maximum absolute atomic E-state index is 13.5. The van der Waals surface area contributed by atoms with Gasteiger partial charge in [0.25, 0.3) is 0 Å². The summed E-state index contributed by atoms with van der Waals surface area (Å²) in [6.07, 6.45) is 3.37. The highest BCUT2D eigenvalue weighted by atomic mass is 19.1. The lowest BCUT2D eigenvalue weighted by atomic mass is 9.98. The van der Waals surface area contributed by atoms with Gasteiger partial charge < -0.3 is 5.73 Å². The third kappa shape index (κ3) is 8.79. The molecule has 0 aromatic rings. The van der Waals surface area contributed by atoms with Crippen molar-refractivity contribution >= 4 is 0 Å². The minimum Gasteiger partial charge on any atom is -0.325 e. The zero-order chi connectivity index (χ0) is 11.7. The van der Waals surface area contributed by atoms with Crippen molar-refractivity contribution in [1.82, 2.24) is 0 Å². The van der Waals surface area contributed by atoms with Crippen LogP contribution in [0.3, 0.4) is 0 Å². The Balaban J connectivity index is 3.46. The van der Waals surface area contributed by atoms with Gasteiger partial charge in [0.2, 0.25) is 0 Å². The lowest BCUT2D eigenvalue weighted by Crippen LogP contribution is -2.31. The molecular weight excluding hydrogens is 196 g/mol. The van der Waals surface area contributed by atoms with Gasteiger partial charge in [-0.15, -0.1) is 0 Å². The van der Waals surface area contributed by atoms with Crippen LogP contribution in [0.4, 0.5) is 8.78 Å². The predicted octanol–water partition coefficient (Wildman–Crippen LogP) is 3.62. The second-order valence-corrected chi connectivity index (χ2v) is 4.69. The fraction of sp³-hybridized carbons (Fsp3) is 1.00. The SMILES string of the molecule is CC(C)CCC(N)C(F)CCCCCF. The molecule has 3 heteroatoms. The second-order valence-electron chi connectivity index (χ2n) is 4.69. The molecule has 15 heavy (non-hydrogen) atoms. The molecule has 2 atom stereocenters. The van der Waals surface area contributed by atoms with E-state index in [2.05, 4.69) is 13.8 Å². The van der Waals surface area contributed by atoms with Gasteiger partial charge in [0.1, 0.15) is 6.17 Å². The Hall–Kier alpha value is -0.180. The summed E-state index contributed by atoms with van der Waals surface area (Å²) in [4.78, 5) is 0. The molecule has 0 aliphatic heterocycles. The van der Waals surface area contributed by atoms with Crippen LogP contribution in [0.1, 0.15) is 52.4 Å². The Labute approximate surface area is 92.4 Å². The monoisotopic (exact) mass is 221 g/mol. The zero-order valence-electron chi connectivity index (χ0n) is 10.0. The molecule has 0 amide bonds. The quantitative estimate of drug-likeness (QED) is 0.591. The van der Waals surface area contributed by atoms with Crippen molar-refractivity contribution in [3.63, 3.8) is 0 Å². The standard InChI is InChI=1S/C12H25F2N/c1-10(2)7-8-12(15)11(14)6-4-3-5-9-13/h10-12H,3-9,15H2,1-2H3. The first-order valence-electron chi connectivity index (χ1n) is 6.03. The minimum atomic E-state index is -0.914. The summed E-state index contributed by atoms with van der Waals surface area (Å²) in [6.45, 7) is 3.93. The number of alkyl halides is 2. The van der Waals surface area contributed by atoms with Crippen molar-refractivity contribution in [3.05, 3.63) is 0 Å². The van der Waals surface area contributed by atoms with E-state index in [1.807, 2.05) is 0 Å². The van der Waals surface area contributed by atoms with E-state index >= 15 is 0 Å². The maximum Gasteiger partial charge on any atom is 0.115 e. The van der Waals surface area contributed by atoms with E-state index in [4.69, 9.17) is 5.73 Å². The van der Waals surface area contributed by atoms with Gasteiger partial charge in [-0.05, 0) is 31.6 Å². The second kappa shape index (κ2) is 9.08. The Bertz CT molecular complexity index is 140. The summed E-state index contributed by atoms with van der Waals surface area (Å²) in [5.41, 5.74) is 5.73. The van der Waals surface area contributed by atoms with Gasteiger partial charge in [-0.3, -0.25) is 4.39 Å². The summed E-state index contributed by atoms with van der Waals surface area (Å²) >= 11 is 0. The fourth-order valence-electron chi connectivity index (χ4n) is 1.53. The average molecular weight is 221 g/mol. The van der Waals surface area contributed by atoms with Gasteiger partial charge in [-0.2, -0.15) is 0 Å². The van der Waals surface area contributed by atoms with Crippen molar-refractivity contribution in [3.8, 4) is 0 Å². The smallest absolute Gasteiger partial charge is 0.115 e. The van der Waals surface area contributed by atoms with E-state index in [1.165, 1.54) is 0 Å². The molecule has 0 saturated heterocycles. The number of nitrogens with two attached hydrogens (primary N) is 1. The maximum atomic E-state index is 13.5. The number of halogens is 2.